The van der Waals surface area contributed by atoms with Gasteiger partial charge in [0, 0.05) is 26.2 Å². The van der Waals surface area contributed by atoms with Gasteiger partial charge in [-0.2, -0.15) is 0 Å². The normalized spacial score (nSPS) is 35.2. The molecule has 1 aliphatic carbocycles. The average Bonchev–Trinajstić information content (AvgIpc) is 3.08. The molecule has 0 aromatic heterocycles. The third-order valence-electron chi connectivity index (χ3n) is 5.91. The van der Waals surface area contributed by atoms with Crippen molar-refractivity contribution >= 4 is 5.91 Å². The lowest BCUT2D eigenvalue weighted by Gasteiger charge is -2.37. The first kappa shape index (κ1) is 14.3. The second kappa shape index (κ2) is 6.02. The summed E-state index contributed by atoms with van der Waals surface area (Å²) in [6, 6.07) is 0.559. The van der Waals surface area contributed by atoms with Crippen LogP contribution in [0.1, 0.15) is 39.0 Å². The number of rotatable bonds is 3. The quantitative estimate of drug-likeness (QED) is 0.846. The second-order valence-electron chi connectivity index (χ2n) is 6.86. The van der Waals surface area contributed by atoms with Crippen molar-refractivity contribution in [2.24, 2.45) is 11.8 Å². The van der Waals surface area contributed by atoms with Crippen LogP contribution in [-0.2, 0) is 4.79 Å². The van der Waals surface area contributed by atoms with Gasteiger partial charge in [-0.15, -0.1) is 0 Å². The fourth-order valence-electron chi connectivity index (χ4n) is 4.48. The number of carbonyl (C=O) groups is 1. The van der Waals surface area contributed by atoms with E-state index in [-0.39, 0.29) is 6.04 Å². The van der Waals surface area contributed by atoms with Crippen LogP contribution in [0, 0.1) is 11.8 Å². The van der Waals surface area contributed by atoms with Gasteiger partial charge in [-0.25, -0.2) is 0 Å². The first-order valence-electron chi connectivity index (χ1n) is 8.43. The van der Waals surface area contributed by atoms with Crippen LogP contribution in [0.25, 0.3) is 0 Å². The summed E-state index contributed by atoms with van der Waals surface area (Å²) in [7, 11) is 2.03. The van der Waals surface area contributed by atoms with Gasteiger partial charge in [-0.05, 0) is 50.6 Å². The molecule has 4 nitrogen and oxygen atoms in total. The van der Waals surface area contributed by atoms with E-state index in [1.165, 1.54) is 19.3 Å². The largest absolute Gasteiger partial charge is 0.341 e. The van der Waals surface area contributed by atoms with Crippen LogP contribution >= 0.6 is 0 Å². The molecular weight excluding hydrogens is 250 g/mol. The molecule has 1 N–H and O–H groups in total. The van der Waals surface area contributed by atoms with Gasteiger partial charge in [-0.1, -0.05) is 13.3 Å². The summed E-state index contributed by atoms with van der Waals surface area (Å²) in [5.41, 5.74) is 0. The first-order valence-corrected chi connectivity index (χ1v) is 8.43. The number of nitrogens with one attached hydrogen (secondary N) is 1. The molecule has 1 saturated carbocycles. The summed E-state index contributed by atoms with van der Waals surface area (Å²) >= 11 is 0. The van der Waals surface area contributed by atoms with E-state index >= 15 is 0 Å². The molecule has 2 heterocycles. The third-order valence-corrected chi connectivity index (χ3v) is 5.91. The maximum Gasteiger partial charge on any atom is 0.239 e. The summed E-state index contributed by atoms with van der Waals surface area (Å²) in [6.07, 6.45) is 6.16. The van der Waals surface area contributed by atoms with Crippen molar-refractivity contribution in [3.05, 3.63) is 0 Å². The molecule has 4 heteroatoms. The predicted octanol–water partition coefficient (Wildman–Crippen LogP) is 1.32. The van der Waals surface area contributed by atoms with Gasteiger partial charge < -0.3 is 15.1 Å². The van der Waals surface area contributed by atoms with Crippen molar-refractivity contribution in [2.75, 3.05) is 33.2 Å². The minimum absolute atomic E-state index is 0.108. The van der Waals surface area contributed by atoms with Gasteiger partial charge in [0.15, 0.2) is 0 Å². The highest BCUT2D eigenvalue weighted by atomic mass is 16.2. The fraction of sp³-hybridized carbons (Fsp3) is 0.938. The Morgan fingerprint density at radius 1 is 1.25 bits per heavy atom. The monoisotopic (exact) mass is 279 g/mol. The molecule has 0 aromatic rings. The van der Waals surface area contributed by atoms with E-state index < -0.39 is 0 Å². The summed E-state index contributed by atoms with van der Waals surface area (Å²) in [5, 5.41) is 3.50. The highest BCUT2D eigenvalue weighted by Crippen LogP contribution is 2.38. The molecule has 1 amide bonds. The van der Waals surface area contributed by atoms with Gasteiger partial charge in [0.2, 0.25) is 5.91 Å². The zero-order chi connectivity index (χ0) is 14.1. The molecule has 3 unspecified atom stereocenters. The zero-order valence-electron chi connectivity index (χ0n) is 13.0. The minimum Gasteiger partial charge on any atom is -0.341 e. The number of carbonyl (C=O) groups excluding carboxylic acids is 1. The van der Waals surface area contributed by atoms with E-state index in [0.717, 1.165) is 44.9 Å². The molecule has 0 bridgehead atoms. The van der Waals surface area contributed by atoms with Crippen molar-refractivity contribution in [1.29, 1.82) is 0 Å². The maximum absolute atomic E-state index is 12.8. The smallest absolute Gasteiger partial charge is 0.239 e. The number of likely N-dealkylation sites (tertiary alicyclic amines) is 1. The Hall–Kier alpha value is -0.610. The molecule has 3 fully saturated rings. The van der Waals surface area contributed by atoms with Crippen LogP contribution in [0.3, 0.4) is 0 Å². The van der Waals surface area contributed by atoms with Crippen molar-refractivity contribution in [1.82, 2.24) is 15.1 Å². The van der Waals surface area contributed by atoms with Crippen molar-refractivity contribution in [3.63, 3.8) is 0 Å². The third kappa shape index (κ3) is 2.60. The lowest BCUT2D eigenvalue weighted by atomic mass is 9.92. The van der Waals surface area contributed by atoms with Crippen LogP contribution in [0.4, 0.5) is 0 Å². The van der Waals surface area contributed by atoms with Gasteiger partial charge in [0.05, 0.1) is 6.04 Å². The van der Waals surface area contributed by atoms with E-state index in [0.29, 0.717) is 17.9 Å². The van der Waals surface area contributed by atoms with Gasteiger partial charge >= 0.3 is 0 Å². The molecule has 0 radical (unpaired) electrons. The molecule has 0 spiro atoms. The molecule has 2 saturated heterocycles. The molecule has 2 aliphatic heterocycles. The predicted molar refractivity (Wildman–Crippen MR) is 80.5 cm³/mol. The Bertz CT molecular complexity index is 352. The fourth-order valence-corrected chi connectivity index (χ4v) is 4.48. The summed E-state index contributed by atoms with van der Waals surface area (Å²) in [6.45, 7) is 6.70. The van der Waals surface area contributed by atoms with Crippen LogP contribution < -0.4 is 5.32 Å². The number of hydrogen-bond acceptors (Lipinski definition) is 3. The molecule has 114 valence electrons. The highest BCUT2D eigenvalue weighted by molar-refractivity contribution is 5.82. The number of likely N-dealkylation sites (N-methyl/N-ethyl adjacent to an activating group) is 1. The Morgan fingerprint density at radius 2 is 2.00 bits per heavy atom. The van der Waals surface area contributed by atoms with Gasteiger partial charge in [0.25, 0.3) is 0 Å². The van der Waals surface area contributed by atoms with Crippen molar-refractivity contribution in [2.45, 2.75) is 51.1 Å². The lowest BCUT2D eigenvalue weighted by molar-refractivity contribution is -0.135. The number of piperidine rings is 1. The molecule has 3 rings (SSSR count). The summed E-state index contributed by atoms with van der Waals surface area (Å²) in [4.78, 5) is 17.3. The molecule has 0 aromatic carbocycles. The highest BCUT2D eigenvalue weighted by Gasteiger charge is 2.44. The Balaban J connectivity index is 1.57. The molecule has 20 heavy (non-hydrogen) atoms. The topological polar surface area (TPSA) is 35.6 Å². The van der Waals surface area contributed by atoms with E-state index in [1.807, 2.05) is 7.05 Å². The van der Waals surface area contributed by atoms with E-state index in [4.69, 9.17) is 0 Å². The molecule has 3 aliphatic rings. The summed E-state index contributed by atoms with van der Waals surface area (Å²) < 4.78 is 0. The Labute approximate surface area is 122 Å². The average molecular weight is 279 g/mol. The number of nitrogens with zero attached hydrogens (tertiary/aromatic N) is 2. The van der Waals surface area contributed by atoms with Crippen LogP contribution in [0.15, 0.2) is 0 Å². The van der Waals surface area contributed by atoms with E-state index in [2.05, 4.69) is 22.0 Å². The molecular formula is C16H29N3O. The zero-order valence-corrected chi connectivity index (χ0v) is 13.0. The van der Waals surface area contributed by atoms with Gasteiger partial charge in [-0.3, -0.25) is 4.79 Å². The van der Waals surface area contributed by atoms with E-state index in [9.17, 15) is 4.79 Å². The number of amides is 1. The Kier molecular flexibility index (Phi) is 4.32. The Morgan fingerprint density at radius 3 is 2.70 bits per heavy atom. The summed E-state index contributed by atoms with van der Waals surface area (Å²) in [5.74, 6) is 1.73. The maximum atomic E-state index is 12.8. The number of hydrogen-bond donors (Lipinski definition) is 1. The molecule has 3 atom stereocenters. The second-order valence-corrected chi connectivity index (χ2v) is 6.86. The van der Waals surface area contributed by atoms with Crippen LogP contribution in [0.2, 0.25) is 0 Å². The minimum atomic E-state index is 0.108. The standard InChI is InChI=1S/C16H29N3O/c1-3-19-9-7-13(8-10-19)18(2)16(20)15-14-6-4-5-12(14)11-17-15/h12-15,17H,3-11H2,1-2H3. The lowest BCUT2D eigenvalue weighted by Crippen LogP contribution is -2.51. The van der Waals surface area contributed by atoms with Crippen molar-refractivity contribution in [3.8, 4) is 0 Å². The first-order chi connectivity index (χ1) is 9.70. The van der Waals surface area contributed by atoms with Gasteiger partial charge in [0.1, 0.15) is 0 Å². The van der Waals surface area contributed by atoms with E-state index in [1.54, 1.807) is 0 Å². The number of fused-ring (bicyclic) bond motifs is 1. The SMILES string of the molecule is CCN1CCC(N(C)C(=O)C2NCC3CCCC32)CC1. The van der Waals surface area contributed by atoms with Crippen LogP contribution in [-0.4, -0.2) is 61.0 Å². The van der Waals surface area contributed by atoms with Crippen molar-refractivity contribution < 1.29 is 4.79 Å². The van der Waals surface area contributed by atoms with Crippen LogP contribution in [0.5, 0.6) is 0 Å².